The molecule has 0 unspecified atom stereocenters. The second-order valence-corrected chi connectivity index (χ2v) is 8.55. The van der Waals surface area contributed by atoms with E-state index < -0.39 is 32.5 Å². The molecule has 0 atom stereocenters. The fourth-order valence-electron chi connectivity index (χ4n) is 2.75. The molecule has 2 rings (SSSR count). The van der Waals surface area contributed by atoms with Gasteiger partial charge in [0.1, 0.15) is 0 Å². The molecule has 166 valence electrons. The largest absolute Gasteiger partial charge is 0.465 e. The Morgan fingerprint density at radius 1 is 1.13 bits per heavy atom. The lowest BCUT2D eigenvalue weighted by molar-refractivity contribution is -0.384. The monoisotopic (exact) mass is 469 g/mol. The minimum absolute atomic E-state index is 0.00831. The minimum atomic E-state index is -3.81. The highest BCUT2D eigenvalue weighted by atomic mass is 35.5. The van der Waals surface area contributed by atoms with Crippen molar-refractivity contribution in [3.05, 3.63) is 62.7 Å². The highest BCUT2D eigenvalue weighted by Gasteiger charge is 2.24. The first-order valence-corrected chi connectivity index (χ1v) is 10.9. The first-order valence-electron chi connectivity index (χ1n) is 9.04. The second-order valence-electron chi connectivity index (χ2n) is 6.20. The van der Waals surface area contributed by atoms with E-state index in [-0.39, 0.29) is 39.8 Å². The first-order chi connectivity index (χ1) is 14.5. The predicted octanol–water partition coefficient (Wildman–Crippen LogP) is 3.32. The zero-order valence-electron chi connectivity index (χ0n) is 16.9. The van der Waals surface area contributed by atoms with Crippen molar-refractivity contribution in [2.45, 2.75) is 18.7 Å². The van der Waals surface area contributed by atoms with Crippen molar-refractivity contribution >= 4 is 44.9 Å². The number of nitrogens with zero attached hydrogens (tertiary/aromatic N) is 2. The molecule has 0 aliphatic carbocycles. The van der Waals surface area contributed by atoms with Gasteiger partial charge in [0.15, 0.2) is 0 Å². The van der Waals surface area contributed by atoms with Crippen LogP contribution in [0.5, 0.6) is 0 Å². The van der Waals surface area contributed by atoms with E-state index in [0.717, 1.165) is 25.3 Å². The normalized spacial score (nSPS) is 11.3. The third-order valence-corrected chi connectivity index (χ3v) is 6.72. The van der Waals surface area contributed by atoms with Crippen LogP contribution in [-0.2, 0) is 14.8 Å². The summed E-state index contributed by atoms with van der Waals surface area (Å²) in [4.78, 5) is 34.8. The fraction of sp³-hybridized carbons (Fsp3) is 0.263. The number of amides is 1. The molecule has 0 fully saturated rings. The molecule has 10 nitrogen and oxygen atoms in total. The number of sulfonamides is 1. The molecular formula is C19H20ClN3O7S. The van der Waals surface area contributed by atoms with Gasteiger partial charge >= 0.3 is 5.97 Å². The number of methoxy groups -OCH3 is 1. The van der Waals surface area contributed by atoms with Crippen LogP contribution in [0.3, 0.4) is 0 Å². The Kier molecular flexibility index (Phi) is 7.71. The summed E-state index contributed by atoms with van der Waals surface area (Å²) < 4.78 is 31.3. The Bertz CT molecular complexity index is 1130. The summed E-state index contributed by atoms with van der Waals surface area (Å²) in [6.45, 7) is 3.90. The number of halogens is 1. The van der Waals surface area contributed by atoms with Crippen molar-refractivity contribution in [1.82, 2.24) is 4.31 Å². The van der Waals surface area contributed by atoms with Gasteiger partial charge in [-0.2, -0.15) is 4.31 Å². The maximum Gasteiger partial charge on any atom is 0.338 e. The van der Waals surface area contributed by atoms with Crippen LogP contribution in [0.4, 0.5) is 11.4 Å². The van der Waals surface area contributed by atoms with Crippen molar-refractivity contribution in [1.29, 1.82) is 0 Å². The molecular weight excluding hydrogens is 450 g/mol. The number of esters is 1. The average molecular weight is 470 g/mol. The zero-order chi connectivity index (χ0) is 23.3. The molecule has 1 N–H and O–H groups in total. The smallest absolute Gasteiger partial charge is 0.338 e. The quantitative estimate of drug-likeness (QED) is 0.355. The summed E-state index contributed by atoms with van der Waals surface area (Å²) in [6.07, 6.45) is 0. The summed E-state index contributed by atoms with van der Waals surface area (Å²) in [6, 6.07) is 6.92. The van der Waals surface area contributed by atoms with Crippen LogP contribution in [0.1, 0.15) is 34.6 Å². The van der Waals surface area contributed by atoms with Crippen LogP contribution in [0, 0.1) is 10.1 Å². The minimum Gasteiger partial charge on any atom is -0.465 e. The van der Waals surface area contributed by atoms with E-state index in [0.29, 0.717) is 0 Å². The molecule has 0 saturated heterocycles. The predicted molar refractivity (Wildman–Crippen MR) is 114 cm³/mol. The van der Waals surface area contributed by atoms with E-state index in [9.17, 15) is 28.1 Å². The molecule has 0 aliphatic heterocycles. The number of non-ortho nitro benzene ring substituents is 1. The SMILES string of the molecule is CCN(CC)S(=O)(=O)c1ccc(Cl)c(NC(=O)c2cc(C(=O)OC)cc([N+](=O)[O-])c2)c1. The number of hydrogen-bond acceptors (Lipinski definition) is 7. The van der Waals surface area contributed by atoms with Gasteiger partial charge in [-0.05, 0) is 24.3 Å². The molecule has 12 heteroatoms. The molecule has 0 saturated carbocycles. The van der Waals surface area contributed by atoms with Gasteiger partial charge in [-0.25, -0.2) is 13.2 Å². The number of ether oxygens (including phenoxy) is 1. The highest BCUT2D eigenvalue weighted by molar-refractivity contribution is 7.89. The van der Waals surface area contributed by atoms with Gasteiger partial charge in [-0.3, -0.25) is 14.9 Å². The number of hydrogen-bond donors (Lipinski definition) is 1. The van der Waals surface area contributed by atoms with E-state index >= 15 is 0 Å². The molecule has 1 amide bonds. The molecule has 31 heavy (non-hydrogen) atoms. The highest BCUT2D eigenvalue weighted by Crippen LogP contribution is 2.28. The van der Waals surface area contributed by atoms with Crippen molar-refractivity contribution in [2.24, 2.45) is 0 Å². The maximum absolute atomic E-state index is 12.7. The number of rotatable bonds is 8. The number of carbonyl (C=O) groups excluding carboxylic acids is 2. The number of carbonyl (C=O) groups is 2. The lowest BCUT2D eigenvalue weighted by atomic mass is 10.1. The fourth-order valence-corrected chi connectivity index (χ4v) is 4.40. The van der Waals surface area contributed by atoms with Crippen molar-refractivity contribution in [3.8, 4) is 0 Å². The summed E-state index contributed by atoms with van der Waals surface area (Å²) in [5.41, 5.74) is -0.892. The Labute approximate surface area is 184 Å². The van der Waals surface area contributed by atoms with Crippen LogP contribution < -0.4 is 5.32 Å². The van der Waals surface area contributed by atoms with E-state index in [1.54, 1.807) is 13.8 Å². The molecule has 0 bridgehead atoms. The Morgan fingerprint density at radius 2 is 1.74 bits per heavy atom. The number of nitro benzene ring substituents is 1. The number of nitrogens with one attached hydrogen (secondary N) is 1. The van der Waals surface area contributed by atoms with Gasteiger partial charge < -0.3 is 10.1 Å². The molecule has 2 aromatic rings. The van der Waals surface area contributed by atoms with Crippen LogP contribution in [0.25, 0.3) is 0 Å². The third-order valence-electron chi connectivity index (χ3n) is 4.34. The molecule has 0 aromatic heterocycles. The number of nitro groups is 1. The Balaban J connectivity index is 2.45. The number of benzene rings is 2. The van der Waals surface area contributed by atoms with Gasteiger partial charge in [-0.15, -0.1) is 0 Å². The number of anilines is 1. The van der Waals surface area contributed by atoms with Crippen LogP contribution in [0.15, 0.2) is 41.3 Å². The summed E-state index contributed by atoms with van der Waals surface area (Å²) in [5, 5.41) is 13.7. The van der Waals surface area contributed by atoms with Crippen LogP contribution in [0.2, 0.25) is 5.02 Å². The second kappa shape index (κ2) is 9.86. The van der Waals surface area contributed by atoms with E-state index in [4.69, 9.17) is 11.6 Å². The summed E-state index contributed by atoms with van der Waals surface area (Å²) in [5.74, 6) is -1.68. The van der Waals surface area contributed by atoms with Gasteiger partial charge in [0, 0.05) is 30.8 Å². The van der Waals surface area contributed by atoms with E-state index in [1.165, 1.54) is 22.5 Å². The Morgan fingerprint density at radius 3 is 2.29 bits per heavy atom. The van der Waals surface area contributed by atoms with Crippen molar-refractivity contribution < 1.29 is 27.7 Å². The zero-order valence-corrected chi connectivity index (χ0v) is 18.5. The average Bonchev–Trinajstić information content (AvgIpc) is 2.74. The summed E-state index contributed by atoms with van der Waals surface area (Å²) >= 11 is 6.11. The molecule has 0 spiro atoms. The van der Waals surface area contributed by atoms with E-state index in [2.05, 4.69) is 10.1 Å². The lowest BCUT2D eigenvalue weighted by Gasteiger charge is -2.19. The maximum atomic E-state index is 12.7. The first kappa shape index (κ1) is 24.3. The van der Waals surface area contributed by atoms with Crippen molar-refractivity contribution in [3.63, 3.8) is 0 Å². The topological polar surface area (TPSA) is 136 Å². The standard InChI is InChI=1S/C19H20ClN3O7S/c1-4-22(5-2)31(28,29)15-6-7-16(20)17(11-15)21-18(24)12-8-13(19(25)30-3)10-14(9-12)23(26)27/h6-11H,4-5H2,1-3H3,(H,21,24). The lowest BCUT2D eigenvalue weighted by Crippen LogP contribution is -2.30. The van der Waals surface area contributed by atoms with Gasteiger partial charge in [0.2, 0.25) is 10.0 Å². The molecule has 2 aromatic carbocycles. The third kappa shape index (κ3) is 5.37. The van der Waals surface area contributed by atoms with Gasteiger partial charge in [0.25, 0.3) is 11.6 Å². The molecule has 0 heterocycles. The molecule has 0 aliphatic rings. The van der Waals surface area contributed by atoms with Crippen LogP contribution >= 0.6 is 11.6 Å². The van der Waals surface area contributed by atoms with Gasteiger partial charge in [-0.1, -0.05) is 25.4 Å². The Hall–Kier alpha value is -3.02. The van der Waals surface area contributed by atoms with Crippen molar-refractivity contribution in [2.75, 3.05) is 25.5 Å². The van der Waals surface area contributed by atoms with E-state index in [1.807, 2.05) is 0 Å². The van der Waals surface area contributed by atoms with Gasteiger partial charge in [0.05, 0.1) is 33.2 Å². The molecule has 0 radical (unpaired) electrons. The van der Waals surface area contributed by atoms with Crippen LogP contribution in [-0.4, -0.2) is 49.7 Å². The summed E-state index contributed by atoms with van der Waals surface area (Å²) in [7, 11) is -2.71.